The van der Waals surface area contributed by atoms with E-state index in [1.54, 1.807) is 24.3 Å². The van der Waals surface area contributed by atoms with Gasteiger partial charge in [-0.25, -0.2) is 0 Å². The third-order valence-electron chi connectivity index (χ3n) is 3.12. The summed E-state index contributed by atoms with van der Waals surface area (Å²) in [7, 11) is 0. The van der Waals surface area contributed by atoms with Crippen molar-refractivity contribution in [3.05, 3.63) is 65.2 Å². The van der Waals surface area contributed by atoms with E-state index in [2.05, 4.69) is 29.7 Å². The topological polar surface area (TPSA) is 41.1 Å². The van der Waals surface area contributed by atoms with Gasteiger partial charge in [-0.15, -0.1) is 0 Å². The molecular formula is C17H19ClN2O. The molecule has 0 aliphatic carbocycles. The second kappa shape index (κ2) is 7.81. The van der Waals surface area contributed by atoms with Gasteiger partial charge in [0.15, 0.2) is 0 Å². The van der Waals surface area contributed by atoms with E-state index >= 15 is 0 Å². The lowest BCUT2D eigenvalue weighted by atomic mass is 10.1. The maximum absolute atomic E-state index is 11.8. The van der Waals surface area contributed by atoms with Gasteiger partial charge in [-0.1, -0.05) is 41.9 Å². The second-order valence-electron chi connectivity index (χ2n) is 5.03. The monoisotopic (exact) mass is 302 g/mol. The predicted molar refractivity (Wildman–Crippen MR) is 87.7 cm³/mol. The van der Waals surface area contributed by atoms with Crippen molar-refractivity contribution in [3.63, 3.8) is 0 Å². The van der Waals surface area contributed by atoms with Crippen LogP contribution < -0.4 is 10.6 Å². The van der Waals surface area contributed by atoms with Crippen molar-refractivity contribution < 1.29 is 4.79 Å². The van der Waals surface area contributed by atoms with Gasteiger partial charge in [0.05, 0.1) is 6.54 Å². The van der Waals surface area contributed by atoms with Crippen LogP contribution in [0.15, 0.2) is 54.6 Å². The van der Waals surface area contributed by atoms with Crippen LogP contribution in [0.5, 0.6) is 0 Å². The average Bonchev–Trinajstić information content (AvgIpc) is 2.49. The first-order valence-electron chi connectivity index (χ1n) is 6.96. The molecule has 3 nitrogen and oxygen atoms in total. The van der Waals surface area contributed by atoms with Crippen LogP contribution in [-0.2, 0) is 11.2 Å². The molecule has 0 aliphatic heterocycles. The number of halogens is 1. The SMILES string of the molecule is CC(Cc1ccccc1)NCC(=O)Nc1ccc(Cl)cc1. The Morgan fingerprint density at radius 1 is 1.10 bits per heavy atom. The molecule has 21 heavy (non-hydrogen) atoms. The molecule has 0 spiro atoms. The van der Waals surface area contributed by atoms with E-state index < -0.39 is 0 Å². The lowest BCUT2D eigenvalue weighted by Crippen LogP contribution is -2.35. The number of benzene rings is 2. The summed E-state index contributed by atoms with van der Waals surface area (Å²) in [5.41, 5.74) is 2.01. The molecule has 2 aromatic carbocycles. The minimum absolute atomic E-state index is 0.0581. The summed E-state index contributed by atoms with van der Waals surface area (Å²) in [5, 5.41) is 6.71. The van der Waals surface area contributed by atoms with Crippen LogP contribution in [0.3, 0.4) is 0 Å². The van der Waals surface area contributed by atoms with Crippen LogP contribution in [0.25, 0.3) is 0 Å². The van der Waals surface area contributed by atoms with Crippen molar-refractivity contribution in [3.8, 4) is 0 Å². The normalized spacial score (nSPS) is 11.9. The lowest BCUT2D eigenvalue weighted by Gasteiger charge is -2.14. The maximum Gasteiger partial charge on any atom is 0.238 e. The number of hydrogen-bond donors (Lipinski definition) is 2. The minimum atomic E-state index is -0.0581. The Bertz CT molecular complexity index is 569. The Morgan fingerprint density at radius 2 is 1.76 bits per heavy atom. The zero-order valence-electron chi connectivity index (χ0n) is 12.0. The molecule has 0 radical (unpaired) electrons. The standard InChI is InChI=1S/C17H19ClN2O/c1-13(11-14-5-3-2-4-6-14)19-12-17(21)20-16-9-7-15(18)8-10-16/h2-10,13,19H,11-12H2,1H3,(H,20,21). The van der Waals surface area contributed by atoms with Crippen LogP contribution in [0.4, 0.5) is 5.69 Å². The number of rotatable bonds is 6. The quantitative estimate of drug-likeness (QED) is 0.857. The molecular weight excluding hydrogens is 284 g/mol. The predicted octanol–water partition coefficient (Wildman–Crippen LogP) is 3.50. The Hall–Kier alpha value is -1.84. The summed E-state index contributed by atoms with van der Waals surface area (Å²) in [6, 6.07) is 17.5. The van der Waals surface area contributed by atoms with E-state index in [4.69, 9.17) is 11.6 Å². The van der Waals surface area contributed by atoms with E-state index in [1.165, 1.54) is 5.56 Å². The van der Waals surface area contributed by atoms with Gasteiger partial charge in [-0.3, -0.25) is 4.79 Å². The largest absolute Gasteiger partial charge is 0.325 e. The van der Waals surface area contributed by atoms with E-state index in [0.29, 0.717) is 5.02 Å². The lowest BCUT2D eigenvalue weighted by molar-refractivity contribution is -0.115. The number of carbonyl (C=O) groups excluding carboxylic acids is 1. The first-order valence-corrected chi connectivity index (χ1v) is 7.34. The molecule has 1 atom stereocenters. The van der Waals surface area contributed by atoms with Crippen LogP contribution in [0.2, 0.25) is 5.02 Å². The highest BCUT2D eigenvalue weighted by molar-refractivity contribution is 6.30. The first kappa shape index (κ1) is 15.5. The van der Waals surface area contributed by atoms with Crippen molar-refractivity contribution in [2.75, 3.05) is 11.9 Å². The molecule has 2 N–H and O–H groups in total. The number of nitrogens with one attached hydrogen (secondary N) is 2. The van der Waals surface area contributed by atoms with E-state index in [9.17, 15) is 4.79 Å². The molecule has 0 saturated heterocycles. The fourth-order valence-corrected chi connectivity index (χ4v) is 2.17. The van der Waals surface area contributed by atoms with Crippen LogP contribution in [0.1, 0.15) is 12.5 Å². The fourth-order valence-electron chi connectivity index (χ4n) is 2.05. The summed E-state index contributed by atoms with van der Waals surface area (Å²) in [6.07, 6.45) is 0.898. The summed E-state index contributed by atoms with van der Waals surface area (Å²) in [4.78, 5) is 11.8. The molecule has 0 aliphatic rings. The van der Waals surface area contributed by atoms with Gasteiger partial charge in [0.25, 0.3) is 0 Å². The zero-order chi connectivity index (χ0) is 15.1. The highest BCUT2D eigenvalue weighted by Crippen LogP contribution is 2.13. The van der Waals surface area contributed by atoms with E-state index in [0.717, 1.165) is 12.1 Å². The van der Waals surface area contributed by atoms with Gasteiger partial charge in [0.1, 0.15) is 0 Å². The Balaban J connectivity index is 1.74. The number of carbonyl (C=O) groups is 1. The summed E-state index contributed by atoms with van der Waals surface area (Å²) < 4.78 is 0. The third kappa shape index (κ3) is 5.58. The van der Waals surface area contributed by atoms with Crippen LogP contribution >= 0.6 is 11.6 Å². The summed E-state index contributed by atoms with van der Waals surface area (Å²) in [6.45, 7) is 2.36. The van der Waals surface area contributed by atoms with Gasteiger partial charge in [0.2, 0.25) is 5.91 Å². The summed E-state index contributed by atoms with van der Waals surface area (Å²) >= 11 is 5.80. The van der Waals surface area contributed by atoms with Crippen molar-refractivity contribution >= 4 is 23.2 Å². The number of amides is 1. The van der Waals surface area contributed by atoms with Crippen molar-refractivity contribution in [2.24, 2.45) is 0 Å². The van der Waals surface area contributed by atoms with Crippen molar-refractivity contribution in [1.29, 1.82) is 0 Å². The zero-order valence-corrected chi connectivity index (χ0v) is 12.7. The Morgan fingerprint density at radius 3 is 2.43 bits per heavy atom. The first-order chi connectivity index (χ1) is 10.1. The number of hydrogen-bond acceptors (Lipinski definition) is 2. The molecule has 0 heterocycles. The van der Waals surface area contributed by atoms with Crippen molar-refractivity contribution in [1.82, 2.24) is 5.32 Å². The van der Waals surface area contributed by atoms with E-state index in [1.807, 2.05) is 18.2 Å². The molecule has 0 fully saturated rings. The highest BCUT2D eigenvalue weighted by Gasteiger charge is 2.06. The minimum Gasteiger partial charge on any atom is -0.325 e. The Labute approximate surface area is 130 Å². The molecule has 2 rings (SSSR count). The van der Waals surface area contributed by atoms with Crippen LogP contribution in [-0.4, -0.2) is 18.5 Å². The van der Waals surface area contributed by atoms with Gasteiger partial charge < -0.3 is 10.6 Å². The molecule has 0 aromatic heterocycles. The van der Waals surface area contributed by atoms with Gasteiger partial charge in [0, 0.05) is 16.8 Å². The summed E-state index contributed by atoms with van der Waals surface area (Å²) in [5.74, 6) is -0.0581. The molecule has 0 bridgehead atoms. The molecule has 4 heteroatoms. The van der Waals surface area contributed by atoms with Crippen molar-refractivity contribution in [2.45, 2.75) is 19.4 Å². The van der Waals surface area contributed by atoms with Gasteiger partial charge in [-0.2, -0.15) is 0 Å². The third-order valence-corrected chi connectivity index (χ3v) is 3.38. The highest BCUT2D eigenvalue weighted by atomic mass is 35.5. The molecule has 1 unspecified atom stereocenters. The van der Waals surface area contributed by atoms with Gasteiger partial charge >= 0.3 is 0 Å². The fraction of sp³-hybridized carbons (Fsp3) is 0.235. The second-order valence-corrected chi connectivity index (χ2v) is 5.46. The molecule has 1 amide bonds. The maximum atomic E-state index is 11.8. The average molecular weight is 303 g/mol. The Kier molecular flexibility index (Phi) is 5.78. The van der Waals surface area contributed by atoms with E-state index in [-0.39, 0.29) is 18.5 Å². The molecule has 110 valence electrons. The molecule has 2 aromatic rings. The molecule has 0 saturated carbocycles. The number of anilines is 1. The smallest absolute Gasteiger partial charge is 0.238 e. The van der Waals surface area contributed by atoms with Crippen LogP contribution in [0, 0.1) is 0 Å². The van der Waals surface area contributed by atoms with Gasteiger partial charge in [-0.05, 0) is 43.2 Å².